The van der Waals surface area contributed by atoms with Gasteiger partial charge in [-0.25, -0.2) is 0 Å². The fourth-order valence-electron chi connectivity index (χ4n) is 2.42. The molecule has 4 heteroatoms. The van der Waals surface area contributed by atoms with Crippen LogP contribution in [0.3, 0.4) is 0 Å². The van der Waals surface area contributed by atoms with Crippen molar-refractivity contribution in [3.8, 4) is 11.3 Å². The van der Waals surface area contributed by atoms with Crippen molar-refractivity contribution in [2.24, 2.45) is 12.2 Å². The van der Waals surface area contributed by atoms with Gasteiger partial charge in [0.05, 0.1) is 11.2 Å². The van der Waals surface area contributed by atoms with Gasteiger partial charge in [0, 0.05) is 23.0 Å². The summed E-state index contributed by atoms with van der Waals surface area (Å²) in [5.41, 5.74) is 3.16. The van der Waals surface area contributed by atoms with E-state index in [-0.39, 0.29) is 0 Å². The summed E-state index contributed by atoms with van der Waals surface area (Å²) >= 11 is 6.00. The Balaban J connectivity index is 2.42. The summed E-state index contributed by atoms with van der Waals surface area (Å²) in [4.78, 5) is 11.2. The van der Waals surface area contributed by atoms with Gasteiger partial charge in [0.2, 0.25) is 0 Å². The van der Waals surface area contributed by atoms with E-state index in [2.05, 4.69) is 5.18 Å². The van der Waals surface area contributed by atoms with Crippen LogP contribution in [0.1, 0.15) is 0 Å². The fraction of sp³-hybridized carbons (Fsp3) is 0.0667. The summed E-state index contributed by atoms with van der Waals surface area (Å²) in [5, 5.41) is 4.59. The van der Waals surface area contributed by atoms with Crippen molar-refractivity contribution in [2.45, 2.75) is 0 Å². The van der Waals surface area contributed by atoms with Crippen molar-refractivity contribution in [1.29, 1.82) is 0 Å². The van der Waals surface area contributed by atoms with E-state index in [1.807, 2.05) is 54.1 Å². The van der Waals surface area contributed by atoms with E-state index >= 15 is 0 Å². The third kappa shape index (κ3) is 1.83. The minimum Gasteiger partial charge on any atom is -0.342 e. The Labute approximate surface area is 115 Å². The summed E-state index contributed by atoms with van der Waals surface area (Å²) < 4.78 is 1.97. The largest absolute Gasteiger partial charge is 0.342 e. The van der Waals surface area contributed by atoms with Gasteiger partial charge in [0.25, 0.3) is 0 Å². The lowest BCUT2D eigenvalue weighted by atomic mass is 10.1. The lowest BCUT2D eigenvalue weighted by Crippen LogP contribution is -1.90. The normalized spacial score (nSPS) is 10.8. The Kier molecular flexibility index (Phi) is 2.84. The van der Waals surface area contributed by atoms with E-state index in [0.717, 1.165) is 22.2 Å². The lowest BCUT2D eigenvalue weighted by Gasteiger charge is -2.04. The average Bonchev–Trinajstić information content (AvgIpc) is 2.71. The Bertz CT molecular complexity index is 763. The quantitative estimate of drug-likeness (QED) is 0.610. The molecule has 0 atom stereocenters. The van der Waals surface area contributed by atoms with Crippen molar-refractivity contribution < 1.29 is 0 Å². The molecule has 2 aromatic carbocycles. The molecule has 0 amide bonds. The summed E-state index contributed by atoms with van der Waals surface area (Å²) in [6.45, 7) is 0. The van der Waals surface area contributed by atoms with E-state index in [1.54, 1.807) is 6.07 Å². The van der Waals surface area contributed by atoms with Crippen LogP contribution in [0.15, 0.2) is 53.7 Å². The second-order valence-electron chi connectivity index (χ2n) is 4.38. The van der Waals surface area contributed by atoms with Crippen LogP contribution in [-0.4, -0.2) is 4.57 Å². The number of aryl methyl sites for hydroxylation is 1. The maximum atomic E-state index is 11.2. The van der Waals surface area contributed by atoms with Crippen LogP contribution in [0, 0.1) is 4.91 Å². The molecule has 0 aliphatic carbocycles. The highest BCUT2D eigenvalue weighted by Gasteiger charge is 2.17. The number of hydrogen-bond donors (Lipinski definition) is 0. The SMILES string of the molecule is Cn1c(-c2ccccc2)c(N=O)c2cc(Cl)ccc21. The molecule has 0 saturated heterocycles. The first-order valence-electron chi connectivity index (χ1n) is 5.89. The molecular formula is C15H11ClN2O. The molecule has 3 aromatic rings. The number of fused-ring (bicyclic) bond motifs is 1. The van der Waals surface area contributed by atoms with Gasteiger partial charge < -0.3 is 4.57 Å². The van der Waals surface area contributed by atoms with Crippen LogP contribution < -0.4 is 0 Å². The molecule has 0 bridgehead atoms. The maximum absolute atomic E-state index is 11.2. The second kappa shape index (κ2) is 4.52. The van der Waals surface area contributed by atoms with Gasteiger partial charge in [-0.1, -0.05) is 41.9 Å². The van der Waals surface area contributed by atoms with E-state index in [0.29, 0.717) is 10.7 Å². The van der Waals surface area contributed by atoms with Crippen LogP contribution >= 0.6 is 11.6 Å². The number of aromatic nitrogens is 1. The second-order valence-corrected chi connectivity index (χ2v) is 4.81. The minimum atomic E-state index is 0.436. The zero-order valence-electron chi connectivity index (χ0n) is 10.3. The predicted octanol–water partition coefficient (Wildman–Crippen LogP) is 4.90. The number of halogens is 1. The van der Waals surface area contributed by atoms with Crippen molar-refractivity contribution in [1.82, 2.24) is 4.57 Å². The number of nitrogens with zero attached hydrogens (tertiary/aromatic N) is 2. The molecule has 0 N–H and O–H groups in total. The predicted molar refractivity (Wildman–Crippen MR) is 78.8 cm³/mol. The summed E-state index contributed by atoms with van der Waals surface area (Å²) in [6, 6.07) is 15.2. The standard InChI is InChI=1S/C15H11ClN2O/c1-18-13-8-7-11(16)9-12(13)14(17-19)15(18)10-5-3-2-4-6-10/h2-9H,1H3. The van der Waals surface area contributed by atoms with E-state index in [1.165, 1.54) is 0 Å². The molecule has 3 nitrogen and oxygen atoms in total. The Hall–Kier alpha value is -2.13. The molecule has 3 rings (SSSR count). The molecule has 94 valence electrons. The molecule has 0 aliphatic heterocycles. The molecule has 0 unspecified atom stereocenters. The molecular weight excluding hydrogens is 260 g/mol. The van der Waals surface area contributed by atoms with Gasteiger partial charge in [-0.05, 0) is 23.4 Å². The van der Waals surface area contributed by atoms with Gasteiger partial charge in [-0.3, -0.25) is 0 Å². The van der Waals surface area contributed by atoms with Crippen molar-refractivity contribution in [3.05, 3.63) is 58.5 Å². The number of nitroso groups, excluding NO2 is 1. The Morgan fingerprint density at radius 3 is 2.53 bits per heavy atom. The van der Waals surface area contributed by atoms with E-state index in [4.69, 9.17) is 11.6 Å². The van der Waals surface area contributed by atoms with E-state index < -0.39 is 0 Å². The molecule has 0 aliphatic rings. The molecule has 0 saturated carbocycles. The zero-order chi connectivity index (χ0) is 13.4. The molecule has 19 heavy (non-hydrogen) atoms. The van der Waals surface area contributed by atoms with Gasteiger partial charge in [-0.15, -0.1) is 4.91 Å². The van der Waals surface area contributed by atoms with Gasteiger partial charge >= 0.3 is 0 Å². The monoisotopic (exact) mass is 270 g/mol. The Morgan fingerprint density at radius 1 is 1.11 bits per heavy atom. The number of rotatable bonds is 2. The molecule has 0 radical (unpaired) electrons. The van der Waals surface area contributed by atoms with Gasteiger partial charge in [0.15, 0.2) is 0 Å². The highest BCUT2D eigenvalue weighted by molar-refractivity contribution is 6.31. The first kappa shape index (κ1) is 11.9. The minimum absolute atomic E-state index is 0.436. The van der Waals surface area contributed by atoms with Gasteiger partial charge in [0.1, 0.15) is 5.69 Å². The zero-order valence-corrected chi connectivity index (χ0v) is 11.1. The molecule has 1 aromatic heterocycles. The third-order valence-electron chi connectivity index (χ3n) is 3.27. The average molecular weight is 271 g/mol. The lowest BCUT2D eigenvalue weighted by molar-refractivity contribution is 0.978. The molecule has 0 spiro atoms. The van der Waals surface area contributed by atoms with E-state index in [9.17, 15) is 4.91 Å². The van der Waals surface area contributed by atoms with Crippen molar-refractivity contribution >= 4 is 28.2 Å². The first-order chi connectivity index (χ1) is 9.22. The molecule has 1 heterocycles. The smallest absolute Gasteiger partial charge is 0.141 e. The number of benzene rings is 2. The van der Waals surface area contributed by atoms with Gasteiger partial charge in [-0.2, -0.15) is 0 Å². The van der Waals surface area contributed by atoms with Crippen LogP contribution in [0.5, 0.6) is 0 Å². The van der Waals surface area contributed by atoms with Crippen LogP contribution in [0.2, 0.25) is 5.02 Å². The van der Waals surface area contributed by atoms with Crippen molar-refractivity contribution in [3.63, 3.8) is 0 Å². The fourth-order valence-corrected chi connectivity index (χ4v) is 2.59. The number of hydrogen-bond acceptors (Lipinski definition) is 2. The first-order valence-corrected chi connectivity index (χ1v) is 6.27. The van der Waals surface area contributed by atoms with Crippen molar-refractivity contribution in [2.75, 3.05) is 0 Å². The van der Waals surface area contributed by atoms with Crippen LogP contribution in [0.4, 0.5) is 5.69 Å². The highest BCUT2D eigenvalue weighted by Crippen LogP contribution is 2.40. The third-order valence-corrected chi connectivity index (χ3v) is 3.51. The topological polar surface area (TPSA) is 34.4 Å². The summed E-state index contributed by atoms with van der Waals surface area (Å²) in [6.07, 6.45) is 0. The maximum Gasteiger partial charge on any atom is 0.141 e. The van der Waals surface area contributed by atoms with Crippen LogP contribution in [0.25, 0.3) is 22.2 Å². The summed E-state index contributed by atoms with van der Waals surface area (Å²) in [7, 11) is 1.92. The molecule has 0 fully saturated rings. The Morgan fingerprint density at radius 2 is 1.84 bits per heavy atom. The summed E-state index contributed by atoms with van der Waals surface area (Å²) in [5.74, 6) is 0. The highest BCUT2D eigenvalue weighted by atomic mass is 35.5. The van der Waals surface area contributed by atoms with Crippen LogP contribution in [-0.2, 0) is 7.05 Å².